The van der Waals surface area contributed by atoms with Crippen molar-refractivity contribution in [2.45, 2.75) is 6.42 Å². The minimum atomic E-state index is 0.233. The third-order valence-corrected chi connectivity index (χ3v) is 2.04. The van der Waals surface area contributed by atoms with E-state index in [0.29, 0.717) is 26.1 Å². The molecular weight excluding hydrogens is 206 g/mol. The Bertz CT molecular complexity index is 362. The summed E-state index contributed by atoms with van der Waals surface area (Å²) in [7, 11) is 1.64. The van der Waals surface area contributed by atoms with Crippen LogP contribution in [0.3, 0.4) is 0 Å². The number of ether oxygens (including phenoxy) is 1. The molecule has 0 unspecified atom stereocenters. The number of nitrogens with zero attached hydrogens (tertiary/aromatic N) is 4. The lowest BCUT2D eigenvalue weighted by atomic mass is 10.4. The minimum absolute atomic E-state index is 0.233. The second-order valence-electron chi connectivity index (χ2n) is 3.16. The lowest BCUT2D eigenvalue weighted by Crippen LogP contribution is -2.29. The first-order valence-electron chi connectivity index (χ1n) is 4.97. The van der Waals surface area contributed by atoms with Gasteiger partial charge in [-0.3, -0.25) is 0 Å². The van der Waals surface area contributed by atoms with Gasteiger partial charge < -0.3 is 15.4 Å². The molecule has 1 heterocycles. The van der Waals surface area contributed by atoms with Gasteiger partial charge in [0.25, 0.3) is 0 Å². The van der Waals surface area contributed by atoms with Crippen molar-refractivity contribution in [1.29, 1.82) is 5.26 Å². The molecule has 0 aliphatic rings. The topological polar surface area (TPSA) is 88.1 Å². The van der Waals surface area contributed by atoms with E-state index < -0.39 is 0 Å². The van der Waals surface area contributed by atoms with Gasteiger partial charge in [-0.05, 0) is 6.07 Å². The highest BCUT2D eigenvalue weighted by atomic mass is 16.5. The van der Waals surface area contributed by atoms with Crippen molar-refractivity contribution in [2.24, 2.45) is 0 Å². The molecule has 0 aromatic carbocycles. The van der Waals surface area contributed by atoms with Crippen molar-refractivity contribution in [3.05, 3.63) is 12.3 Å². The van der Waals surface area contributed by atoms with Crippen molar-refractivity contribution in [3.8, 4) is 6.07 Å². The van der Waals surface area contributed by atoms with Crippen LogP contribution >= 0.6 is 0 Å². The van der Waals surface area contributed by atoms with E-state index in [1.807, 2.05) is 4.90 Å². The number of rotatable bonds is 6. The number of hydrogen-bond donors (Lipinski definition) is 1. The Morgan fingerprint density at radius 1 is 1.56 bits per heavy atom. The number of aromatic nitrogens is 2. The molecule has 6 heteroatoms. The molecule has 0 spiro atoms. The Hall–Kier alpha value is -1.87. The summed E-state index contributed by atoms with van der Waals surface area (Å²) >= 11 is 0. The van der Waals surface area contributed by atoms with Gasteiger partial charge in [0.1, 0.15) is 5.82 Å². The number of nitrogen functional groups attached to an aromatic ring is 1. The minimum Gasteiger partial charge on any atom is -0.383 e. The normalized spacial score (nSPS) is 9.75. The Labute approximate surface area is 94.7 Å². The number of nitrogens with two attached hydrogens (primary N) is 1. The molecule has 0 saturated carbocycles. The maximum Gasteiger partial charge on any atom is 0.221 e. The standard InChI is InChI=1S/C10H15N5O/c1-16-8-7-15(6-2-4-11)9-3-5-13-10(12)14-9/h3,5H,2,6-8H2,1H3,(H2,12,13,14). The fraction of sp³-hybridized carbons (Fsp3) is 0.500. The summed E-state index contributed by atoms with van der Waals surface area (Å²) in [6.45, 7) is 1.86. The van der Waals surface area contributed by atoms with E-state index in [-0.39, 0.29) is 5.95 Å². The molecule has 1 rings (SSSR count). The first kappa shape index (κ1) is 12.2. The number of hydrogen-bond acceptors (Lipinski definition) is 6. The van der Waals surface area contributed by atoms with Crippen LogP contribution in [0.2, 0.25) is 0 Å². The molecule has 0 aliphatic heterocycles. The predicted octanol–water partition coefficient (Wildman–Crippen LogP) is 0.425. The molecular formula is C10H15N5O. The predicted molar refractivity (Wildman–Crippen MR) is 60.8 cm³/mol. The van der Waals surface area contributed by atoms with Gasteiger partial charge in [-0.1, -0.05) is 0 Å². The SMILES string of the molecule is COCCN(CCC#N)c1ccnc(N)n1. The van der Waals surface area contributed by atoms with Crippen LogP contribution < -0.4 is 10.6 Å². The zero-order chi connectivity index (χ0) is 11.8. The van der Waals surface area contributed by atoms with E-state index in [2.05, 4.69) is 16.0 Å². The summed E-state index contributed by atoms with van der Waals surface area (Å²) in [4.78, 5) is 9.88. The Kier molecular flexibility index (Phi) is 5.02. The second kappa shape index (κ2) is 6.58. The highest BCUT2D eigenvalue weighted by Crippen LogP contribution is 2.10. The van der Waals surface area contributed by atoms with Gasteiger partial charge in [0, 0.05) is 26.4 Å². The Morgan fingerprint density at radius 3 is 3.00 bits per heavy atom. The highest BCUT2D eigenvalue weighted by molar-refractivity contribution is 5.40. The third-order valence-electron chi connectivity index (χ3n) is 2.04. The molecule has 6 nitrogen and oxygen atoms in total. The summed E-state index contributed by atoms with van der Waals surface area (Å²) in [5.41, 5.74) is 5.51. The lowest BCUT2D eigenvalue weighted by Gasteiger charge is -2.21. The first-order chi connectivity index (χ1) is 7.77. The molecule has 0 amide bonds. The monoisotopic (exact) mass is 221 g/mol. The fourth-order valence-corrected chi connectivity index (χ4v) is 1.27. The molecule has 0 bridgehead atoms. The number of anilines is 2. The second-order valence-corrected chi connectivity index (χ2v) is 3.16. The molecule has 1 aromatic rings. The quantitative estimate of drug-likeness (QED) is 0.749. The van der Waals surface area contributed by atoms with E-state index in [4.69, 9.17) is 15.7 Å². The van der Waals surface area contributed by atoms with Gasteiger partial charge in [0.2, 0.25) is 5.95 Å². The maximum absolute atomic E-state index is 8.58. The molecule has 0 radical (unpaired) electrons. The Morgan fingerprint density at radius 2 is 2.38 bits per heavy atom. The summed E-state index contributed by atoms with van der Waals surface area (Å²) in [6, 6.07) is 3.87. The van der Waals surface area contributed by atoms with Gasteiger partial charge in [-0.15, -0.1) is 0 Å². The molecule has 2 N–H and O–H groups in total. The highest BCUT2D eigenvalue weighted by Gasteiger charge is 2.07. The smallest absolute Gasteiger partial charge is 0.221 e. The van der Waals surface area contributed by atoms with Gasteiger partial charge in [0.15, 0.2) is 0 Å². The van der Waals surface area contributed by atoms with E-state index in [1.165, 1.54) is 0 Å². The average Bonchev–Trinajstić information content (AvgIpc) is 2.29. The van der Waals surface area contributed by atoms with Crippen LogP contribution in [-0.2, 0) is 4.74 Å². The molecule has 0 atom stereocenters. The van der Waals surface area contributed by atoms with E-state index in [0.717, 1.165) is 5.82 Å². The molecule has 16 heavy (non-hydrogen) atoms. The zero-order valence-electron chi connectivity index (χ0n) is 9.26. The number of nitriles is 1. The maximum atomic E-state index is 8.58. The fourth-order valence-electron chi connectivity index (χ4n) is 1.27. The van der Waals surface area contributed by atoms with Gasteiger partial charge in [-0.2, -0.15) is 10.2 Å². The largest absolute Gasteiger partial charge is 0.383 e. The lowest BCUT2D eigenvalue weighted by molar-refractivity contribution is 0.205. The average molecular weight is 221 g/mol. The summed E-state index contributed by atoms with van der Waals surface area (Å²) < 4.78 is 5.00. The van der Waals surface area contributed by atoms with Gasteiger partial charge >= 0.3 is 0 Å². The van der Waals surface area contributed by atoms with E-state index in [9.17, 15) is 0 Å². The summed E-state index contributed by atoms with van der Waals surface area (Å²) in [6.07, 6.45) is 2.04. The molecule has 0 fully saturated rings. The number of methoxy groups -OCH3 is 1. The van der Waals surface area contributed by atoms with Crippen molar-refractivity contribution < 1.29 is 4.74 Å². The molecule has 1 aromatic heterocycles. The van der Waals surface area contributed by atoms with E-state index >= 15 is 0 Å². The van der Waals surface area contributed by atoms with Gasteiger partial charge in [-0.25, -0.2) is 4.98 Å². The third kappa shape index (κ3) is 3.71. The van der Waals surface area contributed by atoms with Crippen LogP contribution in [0.5, 0.6) is 0 Å². The summed E-state index contributed by atoms with van der Waals surface area (Å²) in [5, 5.41) is 8.58. The summed E-state index contributed by atoms with van der Waals surface area (Å²) in [5.74, 6) is 0.955. The van der Waals surface area contributed by atoms with Gasteiger partial charge in [0.05, 0.1) is 19.1 Å². The van der Waals surface area contributed by atoms with Crippen LogP contribution in [0.15, 0.2) is 12.3 Å². The van der Waals surface area contributed by atoms with Crippen molar-refractivity contribution in [1.82, 2.24) is 9.97 Å². The molecule has 0 saturated heterocycles. The van der Waals surface area contributed by atoms with Crippen LogP contribution in [0.25, 0.3) is 0 Å². The molecule has 86 valence electrons. The molecule has 0 aliphatic carbocycles. The van der Waals surface area contributed by atoms with E-state index in [1.54, 1.807) is 19.4 Å². The van der Waals surface area contributed by atoms with Crippen molar-refractivity contribution in [3.63, 3.8) is 0 Å². The van der Waals surface area contributed by atoms with Crippen LogP contribution in [0.4, 0.5) is 11.8 Å². The van der Waals surface area contributed by atoms with Crippen LogP contribution in [0, 0.1) is 11.3 Å². The van der Waals surface area contributed by atoms with Crippen molar-refractivity contribution >= 4 is 11.8 Å². The zero-order valence-corrected chi connectivity index (χ0v) is 9.26. The van der Waals surface area contributed by atoms with Crippen LogP contribution in [0.1, 0.15) is 6.42 Å². The van der Waals surface area contributed by atoms with Crippen molar-refractivity contribution in [2.75, 3.05) is 37.4 Å². The Balaban J connectivity index is 2.70. The van der Waals surface area contributed by atoms with Crippen LogP contribution in [-0.4, -0.2) is 36.8 Å². The first-order valence-corrected chi connectivity index (χ1v) is 4.97.